The standard InChI is InChI=1S/C12H15FN2O/c13-11-5-9-7-14-8-10(9)6-12(11)15-1-3-16-4-2-15/h5-6,14H,1-4,7-8H2. The summed E-state index contributed by atoms with van der Waals surface area (Å²) in [6, 6.07) is 3.65. The Morgan fingerprint density at radius 1 is 1.12 bits per heavy atom. The summed E-state index contributed by atoms with van der Waals surface area (Å²) >= 11 is 0. The van der Waals surface area contributed by atoms with E-state index in [1.165, 1.54) is 5.56 Å². The van der Waals surface area contributed by atoms with E-state index in [-0.39, 0.29) is 5.82 Å². The summed E-state index contributed by atoms with van der Waals surface area (Å²) in [6.07, 6.45) is 0. The van der Waals surface area contributed by atoms with E-state index in [1.54, 1.807) is 6.07 Å². The van der Waals surface area contributed by atoms with Crippen molar-refractivity contribution < 1.29 is 9.13 Å². The third-order valence-corrected chi connectivity index (χ3v) is 3.25. The predicted molar refractivity (Wildman–Crippen MR) is 60.0 cm³/mol. The highest BCUT2D eigenvalue weighted by molar-refractivity contribution is 5.53. The molecule has 1 fully saturated rings. The van der Waals surface area contributed by atoms with Gasteiger partial charge in [-0.25, -0.2) is 4.39 Å². The van der Waals surface area contributed by atoms with Crippen LogP contribution in [0.4, 0.5) is 10.1 Å². The van der Waals surface area contributed by atoms with Gasteiger partial charge >= 0.3 is 0 Å². The molecule has 0 aromatic heterocycles. The van der Waals surface area contributed by atoms with Crippen LogP contribution in [0.15, 0.2) is 12.1 Å². The number of nitrogens with zero attached hydrogens (tertiary/aromatic N) is 1. The lowest BCUT2D eigenvalue weighted by atomic mass is 10.1. The first-order valence-corrected chi connectivity index (χ1v) is 5.69. The fraction of sp³-hybridized carbons (Fsp3) is 0.500. The maximum absolute atomic E-state index is 13.9. The maximum Gasteiger partial charge on any atom is 0.146 e. The summed E-state index contributed by atoms with van der Waals surface area (Å²) in [5.41, 5.74) is 3.04. The van der Waals surface area contributed by atoms with Gasteiger partial charge in [0.15, 0.2) is 0 Å². The Kier molecular flexibility index (Phi) is 2.53. The van der Waals surface area contributed by atoms with Crippen LogP contribution in [0.2, 0.25) is 0 Å². The smallest absolute Gasteiger partial charge is 0.146 e. The molecule has 0 amide bonds. The molecule has 1 N–H and O–H groups in total. The van der Waals surface area contributed by atoms with Crippen LogP contribution >= 0.6 is 0 Å². The second kappa shape index (κ2) is 4.03. The Hall–Kier alpha value is -1.13. The highest BCUT2D eigenvalue weighted by atomic mass is 19.1. The Morgan fingerprint density at radius 2 is 1.81 bits per heavy atom. The van der Waals surface area contributed by atoms with Gasteiger partial charge < -0.3 is 15.0 Å². The molecule has 0 radical (unpaired) electrons. The SMILES string of the molecule is Fc1cc2c(cc1N1CCOCC1)CNC2. The van der Waals surface area contributed by atoms with Gasteiger partial charge in [0.25, 0.3) is 0 Å². The van der Waals surface area contributed by atoms with E-state index in [4.69, 9.17) is 4.74 Å². The third kappa shape index (κ3) is 1.68. The van der Waals surface area contributed by atoms with E-state index < -0.39 is 0 Å². The van der Waals surface area contributed by atoms with E-state index in [0.29, 0.717) is 13.2 Å². The van der Waals surface area contributed by atoms with Crippen LogP contribution in [0.5, 0.6) is 0 Å². The van der Waals surface area contributed by atoms with E-state index in [9.17, 15) is 4.39 Å². The molecular weight excluding hydrogens is 207 g/mol. The Morgan fingerprint density at radius 3 is 2.56 bits per heavy atom. The molecule has 0 saturated carbocycles. The van der Waals surface area contributed by atoms with Crippen LogP contribution < -0.4 is 10.2 Å². The molecule has 4 heteroatoms. The van der Waals surface area contributed by atoms with Gasteiger partial charge in [-0.15, -0.1) is 0 Å². The number of anilines is 1. The monoisotopic (exact) mass is 222 g/mol. The van der Waals surface area contributed by atoms with Crippen molar-refractivity contribution in [1.29, 1.82) is 0 Å². The predicted octanol–water partition coefficient (Wildman–Crippen LogP) is 1.27. The molecule has 0 unspecified atom stereocenters. The minimum Gasteiger partial charge on any atom is -0.378 e. The molecule has 86 valence electrons. The van der Waals surface area contributed by atoms with Crippen molar-refractivity contribution in [3.63, 3.8) is 0 Å². The van der Waals surface area contributed by atoms with E-state index in [0.717, 1.165) is 37.4 Å². The van der Waals surface area contributed by atoms with Gasteiger partial charge in [-0.2, -0.15) is 0 Å². The van der Waals surface area contributed by atoms with Gasteiger partial charge in [-0.1, -0.05) is 0 Å². The number of benzene rings is 1. The largest absolute Gasteiger partial charge is 0.378 e. The molecule has 3 nitrogen and oxygen atoms in total. The van der Waals surface area contributed by atoms with Crippen LogP contribution in [0, 0.1) is 5.82 Å². The third-order valence-electron chi connectivity index (χ3n) is 3.25. The average molecular weight is 222 g/mol. The van der Waals surface area contributed by atoms with E-state index in [1.807, 2.05) is 6.07 Å². The first kappa shape index (κ1) is 10.1. The van der Waals surface area contributed by atoms with Gasteiger partial charge in [0.2, 0.25) is 0 Å². The molecule has 0 aliphatic carbocycles. The molecule has 0 spiro atoms. The first-order valence-electron chi connectivity index (χ1n) is 5.69. The summed E-state index contributed by atoms with van der Waals surface area (Å²) < 4.78 is 19.2. The molecule has 1 aromatic carbocycles. The van der Waals surface area contributed by atoms with Crippen LogP contribution in [0.3, 0.4) is 0 Å². The Balaban J connectivity index is 1.94. The van der Waals surface area contributed by atoms with Crippen LogP contribution in [-0.2, 0) is 17.8 Å². The number of ether oxygens (including phenoxy) is 1. The first-order chi connectivity index (χ1) is 7.84. The zero-order valence-corrected chi connectivity index (χ0v) is 9.13. The van der Waals surface area contributed by atoms with Gasteiger partial charge in [0, 0.05) is 26.2 Å². The molecular formula is C12H15FN2O. The second-order valence-electron chi connectivity index (χ2n) is 4.28. The number of rotatable bonds is 1. The molecule has 0 atom stereocenters. The number of nitrogens with one attached hydrogen (secondary N) is 1. The summed E-state index contributed by atoms with van der Waals surface area (Å²) in [7, 11) is 0. The molecule has 0 bridgehead atoms. The minimum absolute atomic E-state index is 0.107. The summed E-state index contributed by atoms with van der Waals surface area (Å²) in [5, 5.41) is 3.24. The van der Waals surface area contributed by atoms with Gasteiger partial charge in [0.1, 0.15) is 5.82 Å². The fourth-order valence-electron chi connectivity index (χ4n) is 2.35. The van der Waals surface area contributed by atoms with Gasteiger partial charge in [0.05, 0.1) is 18.9 Å². The number of hydrogen-bond acceptors (Lipinski definition) is 3. The lowest BCUT2D eigenvalue weighted by molar-refractivity contribution is 0.122. The number of halogens is 1. The summed E-state index contributed by atoms with van der Waals surface area (Å²) in [5.74, 6) is -0.107. The van der Waals surface area contributed by atoms with Crippen molar-refractivity contribution in [3.05, 3.63) is 29.1 Å². The number of hydrogen-bond donors (Lipinski definition) is 1. The van der Waals surface area contributed by atoms with Crippen LogP contribution in [0.25, 0.3) is 0 Å². The van der Waals surface area contributed by atoms with Crippen molar-refractivity contribution in [2.24, 2.45) is 0 Å². The van der Waals surface area contributed by atoms with Gasteiger partial charge in [-0.05, 0) is 23.3 Å². The lowest BCUT2D eigenvalue weighted by Crippen LogP contribution is -2.36. The van der Waals surface area contributed by atoms with Gasteiger partial charge in [-0.3, -0.25) is 0 Å². The van der Waals surface area contributed by atoms with E-state index >= 15 is 0 Å². The molecule has 1 saturated heterocycles. The maximum atomic E-state index is 13.9. The normalized spacial score (nSPS) is 19.9. The summed E-state index contributed by atoms with van der Waals surface area (Å²) in [6.45, 7) is 4.58. The molecule has 2 heterocycles. The second-order valence-corrected chi connectivity index (χ2v) is 4.28. The molecule has 3 rings (SSSR count). The summed E-state index contributed by atoms with van der Waals surface area (Å²) in [4.78, 5) is 2.07. The Labute approximate surface area is 94.2 Å². The van der Waals surface area contributed by atoms with E-state index in [2.05, 4.69) is 10.2 Å². The molecule has 16 heavy (non-hydrogen) atoms. The highest BCUT2D eigenvalue weighted by Gasteiger charge is 2.19. The van der Waals surface area contributed by atoms with Crippen molar-refractivity contribution in [2.75, 3.05) is 31.2 Å². The topological polar surface area (TPSA) is 24.5 Å². The van der Waals surface area contributed by atoms with Crippen molar-refractivity contribution in [2.45, 2.75) is 13.1 Å². The fourth-order valence-corrected chi connectivity index (χ4v) is 2.35. The lowest BCUT2D eigenvalue weighted by Gasteiger charge is -2.29. The molecule has 2 aliphatic heterocycles. The number of morpholine rings is 1. The molecule has 1 aromatic rings. The van der Waals surface area contributed by atoms with Crippen LogP contribution in [-0.4, -0.2) is 26.3 Å². The van der Waals surface area contributed by atoms with Crippen molar-refractivity contribution in [1.82, 2.24) is 5.32 Å². The zero-order valence-electron chi connectivity index (χ0n) is 9.13. The Bertz CT molecular complexity index is 402. The highest BCUT2D eigenvalue weighted by Crippen LogP contribution is 2.27. The van der Waals surface area contributed by atoms with Crippen molar-refractivity contribution >= 4 is 5.69 Å². The minimum atomic E-state index is -0.107. The zero-order chi connectivity index (χ0) is 11.0. The molecule has 2 aliphatic rings. The average Bonchev–Trinajstić information content (AvgIpc) is 2.76. The van der Waals surface area contributed by atoms with Crippen LogP contribution in [0.1, 0.15) is 11.1 Å². The number of fused-ring (bicyclic) bond motifs is 1. The quantitative estimate of drug-likeness (QED) is 0.774. The van der Waals surface area contributed by atoms with Crippen molar-refractivity contribution in [3.8, 4) is 0 Å².